The largest absolute Gasteiger partial charge is 0.481 e. The van der Waals surface area contributed by atoms with E-state index < -0.39 is 11.9 Å². The van der Waals surface area contributed by atoms with Gasteiger partial charge in [0.1, 0.15) is 0 Å². The third-order valence-electron chi connectivity index (χ3n) is 4.93. The lowest BCUT2D eigenvalue weighted by atomic mass is 9.98. The summed E-state index contributed by atoms with van der Waals surface area (Å²) in [6.45, 7) is 1.37. The summed E-state index contributed by atoms with van der Waals surface area (Å²) in [4.78, 5) is 39.0. The molecular formula is C16H26N2O5. The van der Waals surface area contributed by atoms with Gasteiger partial charge in [-0.05, 0) is 32.1 Å². The summed E-state index contributed by atoms with van der Waals surface area (Å²) in [6, 6.07) is 0. The van der Waals surface area contributed by atoms with Crippen molar-refractivity contribution in [2.45, 2.75) is 32.1 Å². The highest BCUT2D eigenvalue weighted by Crippen LogP contribution is 2.50. The Labute approximate surface area is 136 Å². The maximum absolute atomic E-state index is 12.5. The highest BCUT2D eigenvalue weighted by atomic mass is 16.5. The number of carbonyl (C=O) groups excluding carboxylic acids is 2. The lowest BCUT2D eigenvalue weighted by Gasteiger charge is -2.32. The number of rotatable bonds is 7. The molecule has 0 aromatic heterocycles. The van der Waals surface area contributed by atoms with Crippen molar-refractivity contribution in [2.24, 2.45) is 11.3 Å². The van der Waals surface area contributed by atoms with Gasteiger partial charge in [-0.15, -0.1) is 0 Å². The average Bonchev–Trinajstić information content (AvgIpc) is 3.33. The van der Waals surface area contributed by atoms with Crippen LogP contribution in [-0.4, -0.2) is 73.1 Å². The van der Waals surface area contributed by atoms with Crippen LogP contribution in [0.5, 0.6) is 0 Å². The monoisotopic (exact) mass is 326 g/mol. The molecule has 7 heteroatoms. The van der Waals surface area contributed by atoms with E-state index in [1.807, 2.05) is 0 Å². The minimum atomic E-state index is -0.858. The van der Waals surface area contributed by atoms with E-state index in [1.54, 1.807) is 19.1 Å². The third kappa shape index (κ3) is 4.22. The number of methoxy groups -OCH3 is 1. The smallest absolute Gasteiger partial charge is 0.308 e. The predicted molar refractivity (Wildman–Crippen MR) is 82.7 cm³/mol. The molecule has 0 aromatic rings. The Morgan fingerprint density at radius 1 is 1.35 bits per heavy atom. The number of likely N-dealkylation sites (tertiary alicyclic amines) is 1. The van der Waals surface area contributed by atoms with Crippen molar-refractivity contribution in [2.75, 3.05) is 40.4 Å². The highest BCUT2D eigenvalue weighted by Gasteiger charge is 2.50. The van der Waals surface area contributed by atoms with Crippen LogP contribution in [0.1, 0.15) is 32.1 Å². The van der Waals surface area contributed by atoms with Crippen LogP contribution in [-0.2, 0) is 19.1 Å². The van der Waals surface area contributed by atoms with Crippen molar-refractivity contribution >= 4 is 17.8 Å². The summed E-state index contributed by atoms with van der Waals surface area (Å²) in [5.41, 5.74) is -0.351. The first-order chi connectivity index (χ1) is 10.9. The van der Waals surface area contributed by atoms with E-state index in [0.717, 1.165) is 12.8 Å². The van der Waals surface area contributed by atoms with Crippen LogP contribution in [0, 0.1) is 11.3 Å². The number of ether oxygens (including phenoxy) is 1. The topological polar surface area (TPSA) is 87.2 Å². The Morgan fingerprint density at radius 2 is 2.04 bits per heavy atom. The zero-order valence-electron chi connectivity index (χ0n) is 13.9. The van der Waals surface area contributed by atoms with Gasteiger partial charge in [0.15, 0.2) is 0 Å². The normalized spacial score (nSPS) is 22.5. The summed E-state index contributed by atoms with van der Waals surface area (Å²) in [7, 11) is 3.26. The molecule has 130 valence electrons. The second-order valence-electron chi connectivity index (χ2n) is 6.70. The Bertz CT molecular complexity index is 475. The van der Waals surface area contributed by atoms with E-state index in [1.165, 1.54) is 4.90 Å². The number of carboxylic acids is 1. The van der Waals surface area contributed by atoms with Crippen LogP contribution in [0.2, 0.25) is 0 Å². The van der Waals surface area contributed by atoms with Gasteiger partial charge in [-0.25, -0.2) is 0 Å². The van der Waals surface area contributed by atoms with Gasteiger partial charge in [-0.3, -0.25) is 14.4 Å². The standard InChI is InChI=1S/C16H26N2O5/c1-17(15(22)16(5-6-16)7-9-23-2)11-13(19)18-8-3-4-12(10-18)14(20)21/h12H,3-11H2,1-2H3,(H,20,21). The van der Waals surface area contributed by atoms with Crippen molar-refractivity contribution in [3.8, 4) is 0 Å². The highest BCUT2D eigenvalue weighted by molar-refractivity contribution is 5.89. The summed E-state index contributed by atoms with van der Waals surface area (Å²) in [5.74, 6) is -1.53. The molecule has 1 unspecified atom stereocenters. The number of aliphatic carboxylic acids is 1. The van der Waals surface area contributed by atoms with E-state index in [9.17, 15) is 14.4 Å². The minimum absolute atomic E-state index is 0.00491. The fourth-order valence-corrected chi connectivity index (χ4v) is 3.20. The molecule has 1 atom stereocenters. The predicted octanol–water partition coefficient (Wildman–Crippen LogP) is 0.585. The van der Waals surface area contributed by atoms with Gasteiger partial charge in [0.2, 0.25) is 11.8 Å². The number of likely N-dealkylation sites (N-methyl/N-ethyl adjacent to an activating group) is 1. The molecule has 23 heavy (non-hydrogen) atoms. The van der Waals surface area contributed by atoms with Gasteiger partial charge in [0.05, 0.1) is 17.9 Å². The van der Waals surface area contributed by atoms with Gasteiger partial charge in [0, 0.05) is 33.9 Å². The van der Waals surface area contributed by atoms with Crippen molar-refractivity contribution in [1.29, 1.82) is 0 Å². The molecule has 1 aliphatic carbocycles. The second-order valence-corrected chi connectivity index (χ2v) is 6.70. The van der Waals surface area contributed by atoms with Crippen LogP contribution in [0.25, 0.3) is 0 Å². The zero-order valence-corrected chi connectivity index (χ0v) is 13.9. The van der Waals surface area contributed by atoms with Crippen molar-refractivity contribution in [3.05, 3.63) is 0 Å². The molecule has 7 nitrogen and oxygen atoms in total. The molecule has 2 amide bonds. The van der Waals surface area contributed by atoms with E-state index in [-0.39, 0.29) is 30.3 Å². The van der Waals surface area contributed by atoms with Gasteiger partial charge in [-0.2, -0.15) is 0 Å². The van der Waals surface area contributed by atoms with Gasteiger partial charge >= 0.3 is 5.97 Å². The summed E-state index contributed by atoms with van der Waals surface area (Å²) in [6.07, 6.45) is 3.68. The van der Waals surface area contributed by atoms with Crippen molar-refractivity contribution in [3.63, 3.8) is 0 Å². The number of hydrogen-bond donors (Lipinski definition) is 1. The van der Waals surface area contributed by atoms with Crippen LogP contribution in [0.4, 0.5) is 0 Å². The molecule has 0 bridgehead atoms. The summed E-state index contributed by atoms with van der Waals surface area (Å²) in [5, 5.41) is 9.09. The van der Waals surface area contributed by atoms with E-state index in [2.05, 4.69) is 0 Å². The summed E-state index contributed by atoms with van der Waals surface area (Å²) >= 11 is 0. The first-order valence-electron chi connectivity index (χ1n) is 8.15. The maximum Gasteiger partial charge on any atom is 0.308 e. The van der Waals surface area contributed by atoms with Crippen LogP contribution in [0.3, 0.4) is 0 Å². The van der Waals surface area contributed by atoms with Gasteiger partial charge in [0.25, 0.3) is 0 Å². The third-order valence-corrected chi connectivity index (χ3v) is 4.93. The van der Waals surface area contributed by atoms with Gasteiger partial charge < -0.3 is 19.6 Å². The number of nitrogens with zero attached hydrogens (tertiary/aromatic N) is 2. The maximum atomic E-state index is 12.5. The lowest BCUT2D eigenvalue weighted by Crippen LogP contribution is -2.48. The lowest BCUT2D eigenvalue weighted by molar-refractivity contribution is -0.148. The number of piperidine rings is 1. The first-order valence-corrected chi connectivity index (χ1v) is 8.15. The fraction of sp³-hybridized carbons (Fsp3) is 0.812. The summed E-state index contributed by atoms with van der Waals surface area (Å²) < 4.78 is 5.06. The SMILES string of the molecule is COCCC1(C(=O)N(C)CC(=O)N2CCCC(C(=O)O)C2)CC1. The Balaban J connectivity index is 1.87. The zero-order chi connectivity index (χ0) is 17.0. The Kier molecular flexibility index (Phi) is 5.62. The van der Waals surface area contributed by atoms with Crippen LogP contribution in [0.15, 0.2) is 0 Å². The molecule has 2 fully saturated rings. The van der Waals surface area contributed by atoms with Crippen molar-refractivity contribution < 1.29 is 24.2 Å². The molecule has 0 aromatic carbocycles. The second kappa shape index (κ2) is 7.29. The Morgan fingerprint density at radius 3 is 2.61 bits per heavy atom. The molecule has 1 N–H and O–H groups in total. The van der Waals surface area contributed by atoms with E-state index in [4.69, 9.17) is 9.84 Å². The number of hydrogen-bond acceptors (Lipinski definition) is 4. The molecule has 0 radical (unpaired) electrons. The van der Waals surface area contributed by atoms with E-state index >= 15 is 0 Å². The minimum Gasteiger partial charge on any atom is -0.481 e. The van der Waals surface area contributed by atoms with Crippen LogP contribution >= 0.6 is 0 Å². The molecule has 1 aliphatic heterocycles. The Hall–Kier alpha value is -1.63. The number of carboxylic acid groups (broad SMARTS) is 1. The van der Waals surface area contributed by atoms with E-state index in [0.29, 0.717) is 32.4 Å². The van der Waals surface area contributed by atoms with Crippen LogP contribution < -0.4 is 0 Å². The fourth-order valence-electron chi connectivity index (χ4n) is 3.20. The number of carbonyl (C=O) groups is 3. The molecule has 2 aliphatic rings. The molecular weight excluding hydrogens is 300 g/mol. The quantitative estimate of drug-likeness (QED) is 0.740. The van der Waals surface area contributed by atoms with Crippen molar-refractivity contribution in [1.82, 2.24) is 9.80 Å². The molecule has 1 heterocycles. The molecule has 0 spiro atoms. The molecule has 1 saturated heterocycles. The molecule has 2 rings (SSSR count). The van der Waals surface area contributed by atoms with Gasteiger partial charge in [-0.1, -0.05) is 0 Å². The average molecular weight is 326 g/mol. The number of amides is 2. The first kappa shape index (κ1) is 17.7. The molecule has 1 saturated carbocycles.